The van der Waals surface area contributed by atoms with Gasteiger partial charge in [0.05, 0.1) is 11.6 Å². The first-order valence-electron chi connectivity index (χ1n) is 7.63. The van der Waals surface area contributed by atoms with Gasteiger partial charge in [0.1, 0.15) is 5.75 Å². The molecule has 120 valence electrons. The van der Waals surface area contributed by atoms with Gasteiger partial charge in [-0.3, -0.25) is 0 Å². The van der Waals surface area contributed by atoms with Crippen LogP contribution in [0.5, 0.6) is 11.8 Å². The van der Waals surface area contributed by atoms with Crippen LogP contribution in [-0.2, 0) is 0 Å². The highest BCUT2D eigenvalue weighted by molar-refractivity contribution is 5.41. The fraction of sp³-hybridized carbons (Fsp3) is 0.375. The SMILES string of the molecule is CCNc1nc(Oc2cccc(C#N)c2)nc(N(CC)CC)n1. The predicted molar refractivity (Wildman–Crippen MR) is 88.8 cm³/mol. The zero-order valence-corrected chi connectivity index (χ0v) is 13.6. The first-order valence-corrected chi connectivity index (χ1v) is 7.63. The van der Waals surface area contributed by atoms with Gasteiger partial charge in [-0.2, -0.15) is 20.2 Å². The summed E-state index contributed by atoms with van der Waals surface area (Å²) in [7, 11) is 0. The Morgan fingerprint density at radius 2 is 1.96 bits per heavy atom. The molecule has 0 saturated heterocycles. The Morgan fingerprint density at radius 3 is 2.61 bits per heavy atom. The summed E-state index contributed by atoms with van der Waals surface area (Å²) in [5.74, 6) is 1.55. The number of nitriles is 1. The first kappa shape index (κ1) is 16.5. The van der Waals surface area contributed by atoms with E-state index in [1.165, 1.54) is 0 Å². The molecule has 0 aliphatic carbocycles. The van der Waals surface area contributed by atoms with Crippen LogP contribution in [0.4, 0.5) is 11.9 Å². The highest BCUT2D eigenvalue weighted by Crippen LogP contribution is 2.22. The molecule has 0 unspecified atom stereocenters. The van der Waals surface area contributed by atoms with Gasteiger partial charge >= 0.3 is 6.01 Å². The second kappa shape index (κ2) is 7.94. The Labute approximate surface area is 136 Å². The molecule has 1 heterocycles. The van der Waals surface area contributed by atoms with Crippen molar-refractivity contribution >= 4 is 11.9 Å². The monoisotopic (exact) mass is 312 g/mol. The van der Waals surface area contributed by atoms with Crippen molar-refractivity contribution in [3.63, 3.8) is 0 Å². The molecule has 0 amide bonds. The minimum absolute atomic E-state index is 0.202. The largest absolute Gasteiger partial charge is 0.424 e. The van der Waals surface area contributed by atoms with Gasteiger partial charge in [0.2, 0.25) is 11.9 Å². The van der Waals surface area contributed by atoms with Crippen LogP contribution in [-0.4, -0.2) is 34.6 Å². The van der Waals surface area contributed by atoms with E-state index in [9.17, 15) is 0 Å². The molecule has 7 heteroatoms. The van der Waals surface area contributed by atoms with Crippen molar-refractivity contribution in [2.75, 3.05) is 29.9 Å². The number of nitrogens with zero attached hydrogens (tertiary/aromatic N) is 5. The quantitative estimate of drug-likeness (QED) is 0.841. The number of hydrogen-bond acceptors (Lipinski definition) is 7. The maximum absolute atomic E-state index is 8.96. The minimum Gasteiger partial charge on any atom is -0.424 e. The lowest BCUT2D eigenvalue weighted by atomic mass is 10.2. The van der Waals surface area contributed by atoms with Crippen LogP contribution >= 0.6 is 0 Å². The maximum atomic E-state index is 8.96. The van der Waals surface area contributed by atoms with Gasteiger partial charge in [-0.1, -0.05) is 6.07 Å². The van der Waals surface area contributed by atoms with E-state index in [4.69, 9.17) is 10.00 Å². The van der Waals surface area contributed by atoms with Gasteiger partial charge < -0.3 is 15.0 Å². The molecular weight excluding hydrogens is 292 g/mol. The summed E-state index contributed by atoms with van der Waals surface area (Å²) in [4.78, 5) is 15.0. The third-order valence-electron chi connectivity index (χ3n) is 3.16. The smallest absolute Gasteiger partial charge is 0.328 e. The molecule has 0 aliphatic rings. The molecule has 23 heavy (non-hydrogen) atoms. The molecule has 1 N–H and O–H groups in total. The Hall–Kier alpha value is -2.88. The fourth-order valence-corrected chi connectivity index (χ4v) is 2.01. The lowest BCUT2D eigenvalue weighted by Crippen LogP contribution is -2.25. The van der Waals surface area contributed by atoms with E-state index in [0.717, 1.165) is 13.1 Å². The third-order valence-corrected chi connectivity index (χ3v) is 3.16. The van der Waals surface area contributed by atoms with Gasteiger partial charge in [0.25, 0.3) is 0 Å². The molecule has 0 atom stereocenters. The average Bonchev–Trinajstić information content (AvgIpc) is 2.56. The second-order valence-electron chi connectivity index (χ2n) is 4.69. The number of nitrogens with one attached hydrogen (secondary N) is 1. The van der Waals surface area contributed by atoms with Crippen molar-refractivity contribution in [1.29, 1.82) is 5.26 Å². The fourth-order valence-electron chi connectivity index (χ4n) is 2.01. The number of hydrogen-bond donors (Lipinski definition) is 1. The van der Waals surface area contributed by atoms with Crippen LogP contribution in [0.2, 0.25) is 0 Å². The number of ether oxygens (including phenoxy) is 1. The topological polar surface area (TPSA) is 87.0 Å². The Bertz CT molecular complexity index is 693. The summed E-state index contributed by atoms with van der Waals surface area (Å²) in [6, 6.07) is 9.16. The number of rotatable bonds is 7. The Kier molecular flexibility index (Phi) is 5.69. The van der Waals surface area contributed by atoms with Gasteiger partial charge in [-0.15, -0.1) is 0 Å². The lowest BCUT2D eigenvalue weighted by molar-refractivity contribution is 0.440. The van der Waals surface area contributed by atoms with Crippen LogP contribution in [0.25, 0.3) is 0 Å². The van der Waals surface area contributed by atoms with E-state index < -0.39 is 0 Å². The third kappa shape index (κ3) is 4.30. The lowest BCUT2D eigenvalue weighted by Gasteiger charge is -2.19. The van der Waals surface area contributed by atoms with Crippen molar-refractivity contribution in [2.45, 2.75) is 20.8 Å². The summed E-state index contributed by atoms with van der Waals surface area (Å²) in [6.45, 7) is 8.32. The Balaban J connectivity index is 2.34. The van der Waals surface area contributed by atoms with Gasteiger partial charge in [-0.05, 0) is 39.0 Å². The van der Waals surface area contributed by atoms with E-state index in [-0.39, 0.29) is 6.01 Å². The number of aromatic nitrogens is 3. The highest BCUT2D eigenvalue weighted by atomic mass is 16.5. The molecule has 0 radical (unpaired) electrons. The van der Waals surface area contributed by atoms with Crippen molar-refractivity contribution in [3.05, 3.63) is 29.8 Å². The standard InChI is InChI=1S/C16H20N6O/c1-4-18-14-19-15(22(5-2)6-3)21-16(20-14)23-13-9-7-8-12(10-13)11-17/h7-10H,4-6H2,1-3H3,(H,18,19,20,21). The molecule has 7 nitrogen and oxygen atoms in total. The zero-order chi connectivity index (χ0) is 16.7. The molecule has 2 rings (SSSR count). The molecule has 0 spiro atoms. The molecule has 0 saturated carbocycles. The summed E-state index contributed by atoms with van der Waals surface area (Å²) in [6.07, 6.45) is 0. The van der Waals surface area contributed by atoms with Crippen molar-refractivity contribution in [2.24, 2.45) is 0 Å². The molecule has 0 aliphatic heterocycles. The van der Waals surface area contributed by atoms with Crippen molar-refractivity contribution in [3.8, 4) is 17.8 Å². The summed E-state index contributed by atoms with van der Waals surface area (Å²) >= 11 is 0. The minimum atomic E-state index is 0.202. The number of benzene rings is 1. The van der Waals surface area contributed by atoms with E-state index in [1.807, 2.05) is 25.7 Å². The summed E-state index contributed by atoms with van der Waals surface area (Å²) in [5.41, 5.74) is 0.521. The average molecular weight is 312 g/mol. The van der Waals surface area contributed by atoms with E-state index >= 15 is 0 Å². The maximum Gasteiger partial charge on any atom is 0.328 e. The molecule has 2 aromatic rings. The number of anilines is 2. The molecule has 1 aromatic carbocycles. The van der Waals surface area contributed by atoms with E-state index in [0.29, 0.717) is 29.8 Å². The highest BCUT2D eigenvalue weighted by Gasteiger charge is 2.12. The van der Waals surface area contributed by atoms with Crippen LogP contribution in [0.3, 0.4) is 0 Å². The van der Waals surface area contributed by atoms with E-state index in [1.54, 1.807) is 24.3 Å². The first-order chi connectivity index (χ1) is 11.2. The van der Waals surface area contributed by atoms with Gasteiger partial charge in [0.15, 0.2) is 0 Å². The molecule has 1 aromatic heterocycles. The molecule has 0 fully saturated rings. The van der Waals surface area contributed by atoms with Gasteiger partial charge in [0, 0.05) is 19.6 Å². The predicted octanol–water partition coefficient (Wildman–Crippen LogP) is 2.81. The summed E-state index contributed by atoms with van der Waals surface area (Å²) in [5, 5.41) is 12.0. The van der Waals surface area contributed by atoms with Crippen LogP contribution < -0.4 is 15.0 Å². The van der Waals surface area contributed by atoms with Crippen LogP contribution in [0, 0.1) is 11.3 Å². The molecular formula is C16H20N6O. The normalized spacial score (nSPS) is 10.0. The zero-order valence-electron chi connectivity index (χ0n) is 13.6. The van der Waals surface area contributed by atoms with Crippen LogP contribution in [0.15, 0.2) is 24.3 Å². The second-order valence-corrected chi connectivity index (χ2v) is 4.69. The van der Waals surface area contributed by atoms with Crippen molar-refractivity contribution < 1.29 is 4.74 Å². The van der Waals surface area contributed by atoms with Crippen LogP contribution in [0.1, 0.15) is 26.3 Å². The van der Waals surface area contributed by atoms with E-state index in [2.05, 4.69) is 26.3 Å². The molecule has 0 bridgehead atoms. The van der Waals surface area contributed by atoms with Crippen molar-refractivity contribution in [1.82, 2.24) is 15.0 Å². The van der Waals surface area contributed by atoms with Gasteiger partial charge in [-0.25, -0.2) is 0 Å². The summed E-state index contributed by atoms with van der Waals surface area (Å²) < 4.78 is 5.71. The Morgan fingerprint density at radius 1 is 1.17 bits per heavy atom.